The highest BCUT2D eigenvalue weighted by atomic mass is 16.5. The van der Waals surface area contributed by atoms with Crippen LogP contribution in [0.5, 0.6) is 5.75 Å². The van der Waals surface area contributed by atoms with Crippen LogP contribution in [0.1, 0.15) is 25.8 Å². The molecule has 0 saturated heterocycles. The third-order valence-corrected chi connectivity index (χ3v) is 3.20. The first-order valence-electron chi connectivity index (χ1n) is 6.50. The van der Waals surface area contributed by atoms with E-state index in [1.165, 1.54) is 0 Å². The van der Waals surface area contributed by atoms with Crippen molar-refractivity contribution in [3.05, 3.63) is 29.8 Å². The van der Waals surface area contributed by atoms with Gasteiger partial charge in [0, 0.05) is 5.54 Å². The number of hydrogen-bond acceptors (Lipinski definition) is 4. The van der Waals surface area contributed by atoms with Gasteiger partial charge >= 0.3 is 5.97 Å². The fourth-order valence-electron chi connectivity index (χ4n) is 1.96. The second-order valence-corrected chi connectivity index (χ2v) is 4.82. The van der Waals surface area contributed by atoms with Crippen LogP contribution in [0.3, 0.4) is 0 Å². The number of ether oxygens (including phenoxy) is 2. The number of nitrogens with one attached hydrogen (secondary N) is 1. The van der Waals surface area contributed by atoms with Gasteiger partial charge in [-0.05, 0) is 45.0 Å². The van der Waals surface area contributed by atoms with Crippen LogP contribution >= 0.6 is 0 Å². The predicted octanol–water partition coefficient (Wildman–Crippen LogP) is 2.17. The van der Waals surface area contributed by atoms with E-state index in [1.54, 1.807) is 7.11 Å². The molecule has 0 spiro atoms. The number of likely N-dealkylation sites (N-methyl/N-ethyl adjacent to an activating group) is 1. The highest BCUT2D eigenvalue weighted by Crippen LogP contribution is 2.20. The molecule has 0 aliphatic rings. The maximum absolute atomic E-state index is 11.6. The van der Waals surface area contributed by atoms with E-state index >= 15 is 0 Å². The zero-order valence-corrected chi connectivity index (χ0v) is 12.2. The van der Waals surface area contributed by atoms with E-state index in [2.05, 4.69) is 5.32 Å². The van der Waals surface area contributed by atoms with Crippen molar-refractivity contribution in [3.8, 4) is 5.75 Å². The molecule has 19 heavy (non-hydrogen) atoms. The van der Waals surface area contributed by atoms with Gasteiger partial charge in [-0.2, -0.15) is 0 Å². The van der Waals surface area contributed by atoms with Crippen molar-refractivity contribution in [1.82, 2.24) is 5.32 Å². The lowest BCUT2D eigenvalue weighted by molar-refractivity contribution is -0.144. The van der Waals surface area contributed by atoms with Crippen molar-refractivity contribution in [1.29, 1.82) is 0 Å². The molecular weight excluding hydrogens is 242 g/mol. The van der Waals surface area contributed by atoms with E-state index in [9.17, 15) is 4.79 Å². The van der Waals surface area contributed by atoms with Crippen molar-refractivity contribution in [2.24, 2.45) is 0 Å². The van der Waals surface area contributed by atoms with Gasteiger partial charge in [-0.25, -0.2) is 0 Å². The molecule has 1 aromatic rings. The molecule has 1 rings (SSSR count). The highest BCUT2D eigenvalue weighted by Gasteiger charge is 2.26. The monoisotopic (exact) mass is 265 g/mol. The predicted molar refractivity (Wildman–Crippen MR) is 75.4 cm³/mol. The van der Waals surface area contributed by atoms with Crippen molar-refractivity contribution in [3.63, 3.8) is 0 Å². The largest absolute Gasteiger partial charge is 0.497 e. The molecule has 0 aromatic heterocycles. The second kappa shape index (κ2) is 7.14. The summed E-state index contributed by atoms with van der Waals surface area (Å²) in [5.74, 6) is 0.660. The Hall–Kier alpha value is -1.55. The summed E-state index contributed by atoms with van der Waals surface area (Å²) in [5.41, 5.74) is 0.850. The van der Waals surface area contributed by atoms with Crippen molar-refractivity contribution in [2.75, 3.05) is 20.8 Å². The molecule has 0 amide bonds. The number of rotatable bonds is 7. The minimum atomic E-state index is -0.305. The molecule has 0 aliphatic carbocycles. The van der Waals surface area contributed by atoms with Gasteiger partial charge in [0.15, 0.2) is 0 Å². The van der Waals surface area contributed by atoms with E-state index in [-0.39, 0.29) is 11.5 Å². The van der Waals surface area contributed by atoms with Crippen LogP contribution in [0, 0.1) is 0 Å². The van der Waals surface area contributed by atoms with Crippen LogP contribution in [0.4, 0.5) is 0 Å². The Kier molecular flexibility index (Phi) is 5.83. The molecule has 4 heteroatoms. The Bertz CT molecular complexity index is 402. The Balaban J connectivity index is 2.70. The van der Waals surface area contributed by atoms with Crippen LogP contribution in [-0.4, -0.2) is 32.3 Å². The van der Waals surface area contributed by atoms with Crippen LogP contribution in [0.25, 0.3) is 0 Å². The first kappa shape index (κ1) is 15.5. The third-order valence-electron chi connectivity index (χ3n) is 3.20. The minimum absolute atomic E-state index is 0.173. The summed E-state index contributed by atoms with van der Waals surface area (Å²) in [6.07, 6.45) is 1.11. The van der Waals surface area contributed by atoms with E-state index in [1.807, 2.05) is 45.2 Å². The molecule has 0 radical (unpaired) electrons. The summed E-state index contributed by atoms with van der Waals surface area (Å²) in [4.78, 5) is 11.6. The summed E-state index contributed by atoms with van der Waals surface area (Å²) in [6.45, 7) is 4.26. The standard InChI is InChI=1S/C15H23NO3/c1-5-19-14(17)11-15(2,16-3)10-12-6-8-13(18-4)9-7-12/h6-9,16H,5,10-11H2,1-4H3. The molecule has 1 atom stereocenters. The molecule has 106 valence electrons. The van der Waals surface area contributed by atoms with Gasteiger partial charge in [0.1, 0.15) is 5.75 Å². The second-order valence-electron chi connectivity index (χ2n) is 4.82. The fourth-order valence-corrected chi connectivity index (χ4v) is 1.96. The molecule has 1 aromatic carbocycles. The van der Waals surface area contributed by atoms with Crippen molar-refractivity contribution < 1.29 is 14.3 Å². The average Bonchev–Trinajstić information content (AvgIpc) is 2.39. The van der Waals surface area contributed by atoms with Gasteiger partial charge in [0.25, 0.3) is 0 Å². The van der Waals surface area contributed by atoms with Crippen molar-refractivity contribution >= 4 is 5.97 Å². The zero-order chi connectivity index (χ0) is 14.3. The Labute approximate surface area is 115 Å². The summed E-state index contributed by atoms with van der Waals surface area (Å²) in [6, 6.07) is 7.88. The lowest BCUT2D eigenvalue weighted by Crippen LogP contribution is -2.44. The molecule has 0 aliphatic heterocycles. The summed E-state index contributed by atoms with van der Waals surface area (Å²) in [5, 5.41) is 3.21. The maximum atomic E-state index is 11.6. The Morgan fingerprint density at radius 1 is 1.32 bits per heavy atom. The zero-order valence-electron chi connectivity index (χ0n) is 12.2. The lowest BCUT2D eigenvalue weighted by Gasteiger charge is -2.28. The summed E-state index contributed by atoms with van der Waals surface area (Å²) in [7, 11) is 3.51. The molecule has 4 nitrogen and oxygen atoms in total. The molecule has 0 heterocycles. The summed E-state index contributed by atoms with van der Waals surface area (Å²) >= 11 is 0. The van der Waals surface area contributed by atoms with Crippen LogP contribution in [0.2, 0.25) is 0 Å². The highest BCUT2D eigenvalue weighted by molar-refractivity contribution is 5.70. The molecule has 0 bridgehead atoms. The number of benzene rings is 1. The third kappa shape index (κ3) is 4.91. The minimum Gasteiger partial charge on any atom is -0.497 e. The van der Waals surface area contributed by atoms with Crippen LogP contribution in [-0.2, 0) is 16.0 Å². The quantitative estimate of drug-likeness (QED) is 0.768. The number of methoxy groups -OCH3 is 1. The molecular formula is C15H23NO3. The maximum Gasteiger partial charge on any atom is 0.307 e. The lowest BCUT2D eigenvalue weighted by atomic mass is 9.89. The number of esters is 1. The number of carbonyl (C=O) groups excluding carboxylic acids is 1. The van der Waals surface area contributed by atoms with E-state index in [0.29, 0.717) is 13.0 Å². The first-order chi connectivity index (χ1) is 9.03. The van der Waals surface area contributed by atoms with Gasteiger partial charge < -0.3 is 14.8 Å². The molecule has 1 unspecified atom stereocenters. The van der Waals surface area contributed by atoms with Gasteiger partial charge in [-0.3, -0.25) is 4.79 Å². The summed E-state index contributed by atoms with van der Waals surface area (Å²) < 4.78 is 10.1. The van der Waals surface area contributed by atoms with Gasteiger partial charge in [-0.1, -0.05) is 12.1 Å². The van der Waals surface area contributed by atoms with E-state index in [4.69, 9.17) is 9.47 Å². The topological polar surface area (TPSA) is 47.6 Å². The normalized spacial score (nSPS) is 13.7. The average molecular weight is 265 g/mol. The molecule has 0 saturated carbocycles. The van der Waals surface area contributed by atoms with E-state index < -0.39 is 0 Å². The van der Waals surface area contributed by atoms with Crippen molar-refractivity contribution in [2.45, 2.75) is 32.2 Å². The van der Waals surface area contributed by atoms with Crippen LogP contribution < -0.4 is 10.1 Å². The van der Waals surface area contributed by atoms with Gasteiger partial charge in [-0.15, -0.1) is 0 Å². The fraction of sp³-hybridized carbons (Fsp3) is 0.533. The van der Waals surface area contributed by atoms with E-state index in [0.717, 1.165) is 17.7 Å². The van der Waals surface area contributed by atoms with Gasteiger partial charge in [0.05, 0.1) is 20.1 Å². The first-order valence-corrected chi connectivity index (χ1v) is 6.50. The smallest absolute Gasteiger partial charge is 0.307 e. The van der Waals surface area contributed by atoms with Gasteiger partial charge in [0.2, 0.25) is 0 Å². The number of carbonyl (C=O) groups is 1. The molecule has 1 N–H and O–H groups in total. The van der Waals surface area contributed by atoms with Crippen LogP contribution in [0.15, 0.2) is 24.3 Å². The Morgan fingerprint density at radius 2 is 1.95 bits per heavy atom. The molecule has 0 fully saturated rings. The Morgan fingerprint density at radius 3 is 2.42 bits per heavy atom. The number of hydrogen-bond donors (Lipinski definition) is 1. The SMILES string of the molecule is CCOC(=O)CC(C)(Cc1ccc(OC)cc1)NC.